The fraction of sp³-hybridized carbons (Fsp3) is 0.357. The quantitative estimate of drug-likeness (QED) is 0.910. The van der Waals surface area contributed by atoms with E-state index in [0.717, 1.165) is 24.5 Å². The first-order valence-corrected chi connectivity index (χ1v) is 6.74. The highest BCUT2D eigenvalue weighted by Crippen LogP contribution is 2.25. The van der Waals surface area contributed by atoms with E-state index in [9.17, 15) is 4.39 Å². The van der Waals surface area contributed by atoms with Crippen LogP contribution in [0.5, 0.6) is 0 Å². The number of hydrogen-bond donors (Lipinski definition) is 1. The van der Waals surface area contributed by atoms with E-state index in [2.05, 4.69) is 21.8 Å². The topological polar surface area (TPSA) is 29.9 Å². The zero-order chi connectivity index (χ0) is 13.8. The van der Waals surface area contributed by atoms with Crippen molar-refractivity contribution in [2.24, 2.45) is 0 Å². The van der Waals surface area contributed by atoms with Crippen LogP contribution in [0.15, 0.2) is 30.6 Å². The molecule has 1 aromatic carbocycles. The van der Waals surface area contributed by atoms with Gasteiger partial charge in [0.05, 0.1) is 11.1 Å². The molecule has 0 bridgehead atoms. The van der Waals surface area contributed by atoms with Crippen LogP contribution >= 0.6 is 11.6 Å². The Bertz CT molecular complexity index is 553. The molecule has 0 aliphatic carbocycles. The Morgan fingerprint density at radius 2 is 2.21 bits per heavy atom. The third-order valence-corrected chi connectivity index (χ3v) is 3.32. The minimum Gasteiger partial charge on any atom is -0.334 e. The molecule has 0 saturated carbocycles. The number of aryl methyl sites for hydroxylation is 1. The molecule has 1 atom stereocenters. The Morgan fingerprint density at radius 1 is 1.42 bits per heavy atom. The van der Waals surface area contributed by atoms with E-state index in [4.69, 9.17) is 11.6 Å². The average Bonchev–Trinajstić information content (AvgIpc) is 2.87. The van der Waals surface area contributed by atoms with Gasteiger partial charge in [0, 0.05) is 18.9 Å². The van der Waals surface area contributed by atoms with Crippen LogP contribution in [0.1, 0.15) is 31.3 Å². The second-order valence-corrected chi connectivity index (χ2v) is 4.64. The van der Waals surface area contributed by atoms with Gasteiger partial charge in [-0.05, 0) is 31.2 Å². The predicted octanol–water partition coefficient (Wildman–Crippen LogP) is 3.39. The van der Waals surface area contributed by atoms with Crippen molar-refractivity contribution in [3.8, 4) is 0 Å². The Kier molecular flexibility index (Phi) is 4.56. The second kappa shape index (κ2) is 6.17. The molecule has 1 aromatic heterocycles. The lowest BCUT2D eigenvalue weighted by atomic mass is 10.1. The standard InChI is InChI=1S/C14H17ClFN3/c1-3-17-13(14-18-7-8-19(14)4-2)10-5-6-12(16)11(15)9-10/h5-9,13,17H,3-4H2,1-2H3. The van der Waals surface area contributed by atoms with Gasteiger partial charge in [-0.15, -0.1) is 0 Å². The molecular weight excluding hydrogens is 265 g/mol. The van der Waals surface area contributed by atoms with E-state index in [1.165, 1.54) is 6.07 Å². The number of nitrogens with zero attached hydrogens (tertiary/aromatic N) is 2. The fourth-order valence-electron chi connectivity index (χ4n) is 2.10. The summed E-state index contributed by atoms with van der Waals surface area (Å²) in [5.74, 6) is 0.506. The Hall–Kier alpha value is -1.39. The molecule has 19 heavy (non-hydrogen) atoms. The Labute approximate surface area is 117 Å². The van der Waals surface area contributed by atoms with Gasteiger partial charge in [0.1, 0.15) is 11.6 Å². The molecule has 2 aromatic rings. The molecule has 1 heterocycles. The predicted molar refractivity (Wildman–Crippen MR) is 74.8 cm³/mol. The molecule has 2 rings (SSSR count). The summed E-state index contributed by atoms with van der Waals surface area (Å²) in [6, 6.07) is 4.70. The number of benzene rings is 1. The van der Waals surface area contributed by atoms with Crippen molar-refractivity contribution >= 4 is 11.6 Å². The molecule has 0 aliphatic heterocycles. The number of hydrogen-bond acceptors (Lipinski definition) is 2. The van der Waals surface area contributed by atoms with E-state index in [1.54, 1.807) is 18.3 Å². The van der Waals surface area contributed by atoms with Gasteiger partial charge < -0.3 is 9.88 Å². The molecule has 0 fully saturated rings. The zero-order valence-electron chi connectivity index (χ0n) is 11.0. The Balaban J connectivity index is 2.42. The summed E-state index contributed by atoms with van der Waals surface area (Å²) < 4.78 is 15.3. The van der Waals surface area contributed by atoms with Gasteiger partial charge >= 0.3 is 0 Å². The van der Waals surface area contributed by atoms with Crippen molar-refractivity contribution in [2.45, 2.75) is 26.4 Å². The lowest BCUT2D eigenvalue weighted by molar-refractivity contribution is 0.557. The third-order valence-electron chi connectivity index (χ3n) is 3.03. The zero-order valence-corrected chi connectivity index (χ0v) is 11.8. The molecule has 3 nitrogen and oxygen atoms in total. The normalized spacial score (nSPS) is 12.6. The van der Waals surface area contributed by atoms with Gasteiger partial charge in [-0.25, -0.2) is 9.37 Å². The largest absolute Gasteiger partial charge is 0.334 e. The van der Waals surface area contributed by atoms with Gasteiger partial charge in [-0.2, -0.15) is 0 Å². The van der Waals surface area contributed by atoms with E-state index in [0.29, 0.717) is 0 Å². The molecule has 102 valence electrons. The van der Waals surface area contributed by atoms with E-state index < -0.39 is 5.82 Å². The molecule has 0 amide bonds. The van der Waals surface area contributed by atoms with Crippen molar-refractivity contribution in [2.75, 3.05) is 6.54 Å². The first kappa shape index (κ1) is 14.0. The first-order valence-electron chi connectivity index (χ1n) is 6.36. The monoisotopic (exact) mass is 281 g/mol. The third kappa shape index (κ3) is 2.96. The summed E-state index contributed by atoms with van der Waals surface area (Å²) in [6.07, 6.45) is 3.71. The number of halogens is 2. The van der Waals surface area contributed by atoms with Gasteiger partial charge in [-0.1, -0.05) is 24.6 Å². The van der Waals surface area contributed by atoms with E-state index >= 15 is 0 Å². The minimum absolute atomic E-state index is 0.0851. The van der Waals surface area contributed by atoms with Crippen LogP contribution in [0, 0.1) is 5.82 Å². The Morgan fingerprint density at radius 3 is 2.84 bits per heavy atom. The van der Waals surface area contributed by atoms with Gasteiger partial charge in [0.25, 0.3) is 0 Å². The first-order chi connectivity index (χ1) is 9.17. The summed E-state index contributed by atoms with van der Waals surface area (Å²) in [5, 5.41) is 3.49. The van der Waals surface area contributed by atoms with E-state index in [1.807, 2.05) is 13.1 Å². The number of aromatic nitrogens is 2. The number of nitrogens with one attached hydrogen (secondary N) is 1. The number of imidazole rings is 1. The lowest BCUT2D eigenvalue weighted by Gasteiger charge is -2.19. The highest BCUT2D eigenvalue weighted by molar-refractivity contribution is 6.30. The molecular formula is C14H17ClFN3. The molecule has 0 aliphatic rings. The van der Waals surface area contributed by atoms with Gasteiger partial charge in [0.15, 0.2) is 0 Å². The summed E-state index contributed by atoms with van der Waals surface area (Å²) >= 11 is 5.86. The number of rotatable bonds is 5. The summed E-state index contributed by atoms with van der Waals surface area (Å²) in [4.78, 5) is 4.40. The summed E-state index contributed by atoms with van der Waals surface area (Å²) in [7, 11) is 0. The van der Waals surface area contributed by atoms with E-state index in [-0.39, 0.29) is 11.1 Å². The smallest absolute Gasteiger partial charge is 0.141 e. The molecule has 0 radical (unpaired) electrons. The fourth-order valence-corrected chi connectivity index (χ4v) is 2.29. The van der Waals surface area contributed by atoms with Crippen molar-refractivity contribution in [1.82, 2.24) is 14.9 Å². The molecule has 0 saturated heterocycles. The van der Waals surface area contributed by atoms with Crippen LogP contribution in [-0.2, 0) is 6.54 Å². The van der Waals surface area contributed by atoms with Crippen LogP contribution < -0.4 is 5.32 Å². The highest BCUT2D eigenvalue weighted by atomic mass is 35.5. The molecule has 1 unspecified atom stereocenters. The van der Waals surface area contributed by atoms with Crippen LogP contribution in [0.2, 0.25) is 5.02 Å². The summed E-state index contributed by atoms with van der Waals surface area (Å²) in [5.41, 5.74) is 0.911. The van der Waals surface area contributed by atoms with Crippen LogP contribution in [0.3, 0.4) is 0 Å². The maximum Gasteiger partial charge on any atom is 0.141 e. The average molecular weight is 282 g/mol. The second-order valence-electron chi connectivity index (χ2n) is 4.24. The maximum absolute atomic E-state index is 13.3. The SMILES string of the molecule is CCNC(c1ccc(F)c(Cl)c1)c1nccn1CC. The molecule has 0 spiro atoms. The van der Waals surface area contributed by atoms with Crippen LogP contribution in [0.4, 0.5) is 4.39 Å². The van der Waals surface area contributed by atoms with Crippen molar-refractivity contribution < 1.29 is 4.39 Å². The molecule has 1 N–H and O–H groups in total. The van der Waals surface area contributed by atoms with Gasteiger partial charge in [-0.3, -0.25) is 0 Å². The minimum atomic E-state index is -0.403. The van der Waals surface area contributed by atoms with Crippen molar-refractivity contribution in [1.29, 1.82) is 0 Å². The maximum atomic E-state index is 13.3. The highest BCUT2D eigenvalue weighted by Gasteiger charge is 2.18. The van der Waals surface area contributed by atoms with Crippen LogP contribution in [0.25, 0.3) is 0 Å². The van der Waals surface area contributed by atoms with Crippen molar-refractivity contribution in [3.63, 3.8) is 0 Å². The molecule has 5 heteroatoms. The van der Waals surface area contributed by atoms with Crippen molar-refractivity contribution in [3.05, 3.63) is 52.8 Å². The summed E-state index contributed by atoms with van der Waals surface area (Å²) in [6.45, 7) is 5.71. The lowest BCUT2D eigenvalue weighted by Crippen LogP contribution is -2.25. The van der Waals surface area contributed by atoms with Crippen LogP contribution in [-0.4, -0.2) is 16.1 Å². The van der Waals surface area contributed by atoms with Gasteiger partial charge in [0.2, 0.25) is 0 Å².